The van der Waals surface area contributed by atoms with E-state index in [1.807, 2.05) is 13.8 Å². The van der Waals surface area contributed by atoms with Crippen LogP contribution in [0.3, 0.4) is 0 Å². The van der Waals surface area contributed by atoms with Crippen LogP contribution in [-0.4, -0.2) is 17.0 Å². The highest BCUT2D eigenvalue weighted by atomic mass is 16.5. The molecule has 0 aromatic carbocycles. The summed E-state index contributed by atoms with van der Waals surface area (Å²) in [6.07, 6.45) is 8.60. The SMILES string of the molecule is C=C1OC2(C)C(CC)C(=O)NC12C(=C)C1C=CCCC1. The number of amides is 1. The van der Waals surface area contributed by atoms with Crippen LogP contribution in [0.4, 0.5) is 0 Å². The van der Waals surface area contributed by atoms with E-state index in [4.69, 9.17) is 4.74 Å². The van der Waals surface area contributed by atoms with Crippen LogP contribution in [0.2, 0.25) is 0 Å². The number of rotatable bonds is 3. The number of nitrogens with one attached hydrogen (secondary N) is 1. The Morgan fingerprint density at radius 1 is 1.60 bits per heavy atom. The number of carbonyl (C=O) groups is 1. The van der Waals surface area contributed by atoms with Gasteiger partial charge in [0.1, 0.15) is 5.76 Å². The molecule has 0 radical (unpaired) electrons. The van der Waals surface area contributed by atoms with Crippen molar-refractivity contribution in [1.29, 1.82) is 0 Å². The predicted molar refractivity (Wildman–Crippen MR) is 78.9 cm³/mol. The van der Waals surface area contributed by atoms with Gasteiger partial charge in [0.15, 0.2) is 11.1 Å². The summed E-state index contributed by atoms with van der Waals surface area (Å²) in [5, 5.41) is 3.16. The van der Waals surface area contributed by atoms with Crippen LogP contribution >= 0.6 is 0 Å². The van der Waals surface area contributed by atoms with Crippen molar-refractivity contribution < 1.29 is 9.53 Å². The van der Waals surface area contributed by atoms with E-state index < -0.39 is 11.1 Å². The smallest absolute Gasteiger partial charge is 0.228 e. The summed E-state index contributed by atoms with van der Waals surface area (Å²) >= 11 is 0. The van der Waals surface area contributed by atoms with E-state index in [1.54, 1.807) is 0 Å². The van der Waals surface area contributed by atoms with Gasteiger partial charge in [0.25, 0.3) is 0 Å². The number of allylic oxidation sites excluding steroid dienone is 2. The van der Waals surface area contributed by atoms with Crippen LogP contribution in [0, 0.1) is 11.8 Å². The average molecular weight is 273 g/mol. The number of fused-ring (bicyclic) bond motifs is 1. The van der Waals surface area contributed by atoms with Crippen molar-refractivity contribution in [2.45, 2.75) is 50.7 Å². The fourth-order valence-corrected chi connectivity index (χ4v) is 4.22. The van der Waals surface area contributed by atoms with Gasteiger partial charge in [-0.15, -0.1) is 0 Å². The molecule has 3 aliphatic rings. The minimum Gasteiger partial charge on any atom is -0.485 e. The highest BCUT2D eigenvalue weighted by molar-refractivity contribution is 5.88. The van der Waals surface area contributed by atoms with Gasteiger partial charge in [-0.2, -0.15) is 0 Å². The number of hydrogen-bond acceptors (Lipinski definition) is 2. The van der Waals surface area contributed by atoms with Crippen molar-refractivity contribution in [3.63, 3.8) is 0 Å². The van der Waals surface area contributed by atoms with Crippen molar-refractivity contribution >= 4 is 5.91 Å². The maximum absolute atomic E-state index is 12.3. The van der Waals surface area contributed by atoms with E-state index in [9.17, 15) is 4.79 Å². The fraction of sp³-hybridized carbons (Fsp3) is 0.588. The van der Waals surface area contributed by atoms with Gasteiger partial charge in [-0.05, 0) is 38.2 Å². The third kappa shape index (κ3) is 1.38. The summed E-state index contributed by atoms with van der Waals surface area (Å²) in [6.45, 7) is 12.4. The first-order valence-corrected chi connectivity index (χ1v) is 7.53. The molecule has 20 heavy (non-hydrogen) atoms. The van der Waals surface area contributed by atoms with E-state index in [0.717, 1.165) is 24.8 Å². The zero-order valence-corrected chi connectivity index (χ0v) is 12.4. The zero-order chi connectivity index (χ0) is 14.5. The second-order valence-corrected chi connectivity index (χ2v) is 6.32. The zero-order valence-electron chi connectivity index (χ0n) is 12.4. The summed E-state index contributed by atoms with van der Waals surface area (Å²) < 4.78 is 5.88. The molecule has 0 spiro atoms. The van der Waals surface area contributed by atoms with Gasteiger partial charge < -0.3 is 10.1 Å². The molecule has 2 fully saturated rings. The highest BCUT2D eigenvalue weighted by Crippen LogP contribution is 2.59. The molecule has 0 bridgehead atoms. The van der Waals surface area contributed by atoms with Crippen LogP contribution in [-0.2, 0) is 9.53 Å². The molecule has 108 valence electrons. The molecule has 4 unspecified atom stereocenters. The number of ether oxygens (including phenoxy) is 1. The molecule has 3 heteroatoms. The van der Waals surface area contributed by atoms with E-state index in [-0.39, 0.29) is 11.8 Å². The lowest BCUT2D eigenvalue weighted by Gasteiger charge is -2.57. The molecule has 4 atom stereocenters. The van der Waals surface area contributed by atoms with Gasteiger partial charge in [-0.3, -0.25) is 4.79 Å². The number of carbonyl (C=O) groups excluding carboxylic acids is 1. The van der Waals surface area contributed by atoms with E-state index in [2.05, 4.69) is 30.6 Å². The lowest BCUT2D eigenvalue weighted by atomic mass is 9.63. The molecular weight excluding hydrogens is 250 g/mol. The Morgan fingerprint density at radius 2 is 2.35 bits per heavy atom. The first kappa shape index (κ1) is 13.5. The fourth-order valence-electron chi connectivity index (χ4n) is 4.22. The maximum Gasteiger partial charge on any atom is 0.228 e. The topological polar surface area (TPSA) is 38.3 Å². The molecule has 0 aromatic heterocycles. The van der Waals surface area contributed by atoms with E-state index >= 15 is 0 Å². The van der Waals surface area contributed by atoms with Crippen molar-refractivity contribution in [3.8, 4) is 0 Å². The Morgan fingerprint density at radius 3 is 2.90 bits per heavy atom. The van der Waals surface area contributed by atoms with Gasteiger partial charge in [0.2, 0.25) is 5.91 Å². The highest BCUT2D eigenvalue weighted by Gasteiger charge is 2.73. The summed E-state index contributed by atoms with van der Waals surface area (Å²) in [4.78, 5) is 12.3. The van der Waals surface area contributed by atoms with Gasteiger partial charge in [0.05, 0.1) is 5.92 Å². The Hall–Kier alpha value is -1.51. The average Bonchev–Trinajstić information content (AvgIpc) is 2.62. The molecule has 0 aromatic rings. The van der Waals surface area contributed by atoms with Crippen LogP contribution < -0.4 is 5.32 Å². The second kappa shape index (κ2) is 4.24. The lowest BCUT2D eigenvalue weighted by molar-refractivity contribution is -0.149. The Labute approximate surface area is 120 Å². The normalized spacial score (nSPS) is 42.5. The second-order valence-electron chi connectivity index (χ2n) is 6.32. The van der Waals surface area contributed by atoms with Crippen LogP contribution in [0.5, 0.6) is 0 Å². The Bertz CT molecular complexity index is 521. The van der Waals surface area contributed by atoms with Crippen molar-refractivity contribution in [1.82, 2.24) is 5.32 Å². The van der Waals surface area contributed by atoms with Crippen LogP contribution in [0.1, 0.15) is 39.5 Å². The molecule has 1 amide bonds. The molecule has 2 heterocycles. The Balaban J connectivity index is 1.99. The van der Waals surface area contributed by atoms with Gasteiger partial charge >= 0.3 is 0 Å². The molecule has 3 rings (SSSR count). The minimum absolute atomic E-state index is 0.0644. The largest absolute Gasteiger partial charge is 0.485 e. The third-order valence-corrected chi connectivity index (χ3v) is 5.38. The molecule has 2 aliphatic heterocycles. The summed E-state index contributed by atoms with van der Waals surface area (Å²) in [7, 11) is 0. The molecule has 1 aliphatic carbocycles. The van der Waals surface area contributed by atoms with Crippen LogP contribution in [0.25, 0.3) is 0 Å². The first-order chi connectivity index (χ1) is 9.47. The molecule has 3 nitrogen and oxygen atoms in total. The standard InChI is InChI=1S/C17H23NO2/c1-5-14-15(19)18-17(12(3)20-16(14,17)4)11(2)13-9-7-6-8-10-13/h7,9,13-14H,2-3,5-6,8,10H2,1,4H3,(H,18,19). The molecule has 1 N–H and O–H groups in total. The summed E-state index contributed by atoms with van der Waals surface area (Å²) in [5.41, 5.74) is -0.0634. The van der Waals surface area contributed by atoms with Crippen molar-refractivity contribution in [2.24, 2.45) is 11.8 Å². The molecular formula is C17H23NO2. The third-order valence-electron chi connectivity index (χ3n) is 5.38. The lowest BCUT2D eigenvalue weighted by Crippen LogP contribution is -2.70. The number of hydrogen-bond donors (Lipinski definition) is 1. The van der Waals surface area contributed by atoms with Crippen molar-refractivity contribution in [3.05, 3.63) is 36.6 Å². The van der Waals surface area contributed by atoms with E-state index in [1.165, 1.54) is 6.42 Å². The maximum atomic E-state index is 12.3. The monoisotopic (exact) mass is 273 g/mol. The predicted octanol–water partition coefficient (Wildman–Crippen LogP) is 3.10. The molecule has 0 saturated carbocycles. The van der Waals surface area contributed by atoms with Crippen LogP contribution in [0.15, 0.2) is 36.6 Å². The first-order valence-electron chi connectivity index (χ1n) is 7.53. The van der Waals surface area contributed by atoms with Crippen molar-refractivity contribution in [2.75, 3.05) is 0 Å². The minimum atomic E-state index is -0.572. The Kier molecular flexibility index (Phi) is 2.86. The van der Waals surface area contributed by atoms with Gasteiger partial charge in [0, 0.05) is 5.92 Å². The van der Waals surface area contributed by atoms with Gasteiger partial charge in [-0.1, -0.05) is 32.2 Å². The molecule has 2 saturated heterocycles. The summed E-state index contributed by atoms with van der Waals surface area (Å²) in [5.74, 6) is 0.889. The van der Waals surface area contributed by atoms with Gasteiger partial charge in [-0.25, -0.2) is 0 Å². The summed E-state index contributed by atoms with van der Waals surface area (Å²) in [6, 6.07) is 0. The van der Waals surface area contributed by atoms with E-state index in [0.29, 0.717) is 11.7 Å². The quantitative estimate of drug-likeness (QED) is 0.802.